The molecule has 37 heavy (non-hydrogen) atoms. The maximum absolute atomic E-state index is 13.2. The molecule has 0 spiro atoms. The van der Waals surface area contributed by atoms with Crippen LogP contribution in [0, 0.1) is 22.7 Å². The minimum Gasteiger partial charge on any atom is -0.406 e. The van der Waals surface area contributed by atoms with Crippen molar-refractivity contribution in [1.29, 1.82) is 10.5 Å². The summed E-state index contributed by atoms with van der Waals surface area (Å²) < 4.78 is 44.3. The van der Waals surface area contributed by atoms with E-state index in [1.807, 2.05) is 6.07 Å². The number of hydrogen-bond donors (Lipinski definition) is 1. The third-order valence-corrected chi connectivity index (χ3v) is 6.23. The van der Waals surface area contributed by atoms with Gasteiger partial charge in [0, 0.05) is 17.5 Å². The Morgan fingerprint density at radius 1 is 1.22 bits per heavy atom. The number of hydrogen-bond acceptors (Lipinski definition) is 8. The number of amides is 1. The number of benzene rings is 1. The van der Waals surface area contributed by atoms with Crippen LogP contribution in [0.3, 0.4) is 0 Å². The number of alkyl halides is 3. The first-order valence-corrected chi connectivity index (χ1v) is 11.4. The van der Waals surface area contributed by atoms with Gasteiger partial charge in [0.15, 0.2) is 17.5 Å². The van der Waals surface area contributed by atoms with Gasteiger partial charge in [-0.2, -0.15) is 15.2 Å². The van der Waals surface area contributed by atoms with Gasteiger partial charge in [-0.3, -0.25) is 4.79 Å². The number of nitrogens with zero attached hydrogens (tertiary/aromatic N) is 7. The van der Waals surface area contributed by atoms with Crippen molar-refractivity contribution < 1.29 is 22.7 Å². The number of carbonyl (C=O) groups excluding carboxylic acids is 1. The van der Waals surface area contributed by atoms with E-state index in [9.17, 15) is 28.5 Å². The fourth-order valence-electron chi connectivity index (χ4n) is 3.96. The lowest BCUT2D eigenvalue weighted by Crippen LogP contribution is -2.29. The first-order valence-electron chi connectivity index (χ1n) is 11.4. The number of rotatable bonds is 7. The number of nitriles is 2. The molecule has 1 aromatic carbocycles. The van der Waals surface area contributed by atoms with Crippen LogP contribution in [0.15, 0.2) is 30.6 Å². The average molecular weight is 508 g/mol. The van der Waals surface area contributed by atoms with Crippen LogP contribution in [0.1, 0.15) is 77.8 Å². The molecular weight excluding hydrogens is 489 g/mol. The smallest absolute Gasteiger partial charge is 0.406 e. The van der Waals surface area contributed by atoms with Crippen LogP contribution in [-0.2, 0) is 5.41 Å². The van der Waals surface area contributed by atoms with Gasteiger partial charge in [0.05, 0.1) is 17.5 Å². The largest absolute Gasteiger partial charge is 0.573 e. The lowest BCUT2D eigenvalue weighted by Gasteiger charge is -2.17. The third kappa shape index (κ3) is 5.07. The zero-order valence-electron chi connectivity index (χ0n) is 19.5. The van der Waals surface area contributed by atoms with Gasteiger partial charge in [-0.15, -0.1) is 18.3 Å². The van der Waals surface area contributed by atoms with Gasteiger partial charge in [-0.25, -0.2) is 15.0 Å². The van der Waals surface area contributed by atoms with Gasteiger partial charge in [0.25, 0.3) is 5.91 Å². The summed E-state index contributed by atoms with van der Waals surface area (Å²) in [5.41, 5.74) is -0.612. The summed E-state index contributed by atoms with van der Waals surface area (Å²) in [6.07, 6.45) is -0.936. The molecule has 2 saturated carbocycles. The highest BCUT2D eigenvalue weighted by molar-refractivity contribution is 5.95. The Balaban J connectivity index is 1.46. The molecule has 3 aromatic rings. The molecule has 2 aromatic heterocycles. The van der Waals surface area contributed by atoms with Crippen LogP contribution in [0.2, 0.25) is 0 Å². The zero-order chi connectivity index (χ0) is 26.4. The molecule has 2 heterocycles. The fraction of sp³-hybridized carbons (Fsp3) is 0.375. The lowest BCUT2D eigenvalue weighted by atomic mass is 9.95. The van der Waals surface area contributed by atoms with Crippen molar-refractivity contribution in [2.75, 3.05) is 0 Å². The second-order valence-electron chi connectivity index (χ2n) is 9.07. The Labute approximate surface area is 208 Å². The maximum Gasteiger partial charge on any atom is 0.573 e. The van der Waals surface area contributed by atoms with Crippen LogP contribution < -0.4 is 10.1 Å². The second-order valence-corrected chi connectivity index (χ2v) is 9.07. The number of ether oxygens (including phenoxy) is 1. The molecule has 0 radical (unpaired) electrons. The van der Waals surface area contributed by atoms with E-state index in [0.29, 0.717) is 30.1 Å². The zero-order valence-corrected chi connectivity index (χ0v) is 19.5. The summed E-state index contributed by atoms with van der Waals surface area (Å²) in [5.74, 6) is 0.109. The van der Waals surface area contributed by atoms with Crippen molar-refractivity contribution in [2.24, 2.45) is 0 Å². The van der Waals surface area contributed by atoms with E-state index in [-0.39, 0.29) is 23.0 Å². The third-order valence-electron chi connectivity index (χ3n) is 6.23. The Morgan fingerprint density at radius 2 is 1.97 bits per heavy atom. The predicted molar refractivity (Wildman–Crippen MR) is 119 cm³/mol. The molecule has 2 aliphatic rings. The predicted octanol–water partition coefficient (Wildman–Crippen LogP) is 3.75. The van der Waals surface area contributed by atoms with Crippen molar-refractivity contribution in [1.82, 2.24) is 30.0 Å². The van der Waals surface area contributed by atoms with E-state index in [1.54, 1.807) is 6.92 Å². The molecule has 1 N–H and O–H groups in total. The maximum atomic E-state index is 13.2. The van der Waals surface area contributed by atoms with Gasteiger partial charge >= 0.3 is 6.36 Å². The molecule has 188 valence electrons. The standard InChI is InChI=1S/C24H19F3N8O2/c1-13(21-33-20(14-2-3-14)34-35(21)19-9-17(10-28)30-12-31-19)32-22(36)15-6-16(23(11-29)4-5-23)8-18(7-15)37-24(25,26)27/h6-9,12-14H,2-5H2,1H3,(H,32,36)/t13-/m0/s1. The molecule has 0 aliphatic heterocycles. The summed E-state index contributed by atoms with van der Waals surface area (Å²) in [6.45, 7) is 1.65. The summed E-state index contributed by atoms with van der Waals surface area (Å²) in [5, 5.41) is 26.0. The van der Waals surface area contributed by atoms with E-state index < -0.39 is 29.5 Å². The lowest BCUT2D eigenvalue weighted by molar-refractivity contribution is -0.274. The molecule has 0 bridgehead atoms. The highest BCUT2D eigenvalue weighted by Crippen LogP contribution is 2.48. The number of halogens is 3. The van der Waals surface area contributed by atoms with E-state index in [2.05, 4.69) is 36.2 Å². The second kappa shape index (κ2) is 8.85. The molecule has 5 rings (SSSR count). The van der Waals surface area contributed by atoms with Crippen LogP contribution in [0.5, 0.6) is 5.75 Å². The fourth-order valence-corrected chi connectivity index (χ4v) is 3.96. The number of aromatic nitrogens is 5. The normalized spacial score (nSPS) is 16.8. The van der Waals surface area contributed by atoms with Gasteiger partial charge in [-0.1, -0.05) is 0 Å². The number of nitrogens with one attached hydrogen (secondary N) is 1. The van der Waals surface area contributed by atoms with Crippen LogP contribution >= 0.6 is 0 Å². The van der Waals surface area contributed by atoms with Gasteiger partial charge in [0.2, 0.25) is 0 Å². The van der Waals surface area contributed by atoms with Crippen molar-refractivity contribution >= 4 is 5.91 Å². The Hall–Kier alpha value is -4.52. The summed E-state index contributed by atoms with van der Waals surface area (Å²) in [6, 6.07) is 8.28. The molecule has 2 fully saturated rings. The summed E-state index contributed by atoms with van der Waals surface area (Å²) in [4.78, 5) is 25.8. The molecule has 10 nitrogen and oxygen atoms in total. The Bertz CT molecular complexity index is 1460. The van der Waals surface area contributed by atoms with E-state index in [0.717, 1.165) is 25.0 Å². The van der Waals surface area contributed by atoms with E-state index in [1.165, 1.54) is 23.1 Å². The molecule has 0 saturated heterocycles. The minimum absolute atomic E-state index is 0.0904. The van der Waals surface area contributed by atoms with E-state index >= 15 is 0 Å². The highest BCUT2D eigenvalue weighted by Gasteiger charge is 2.46. The highest BCUT2D eigenvalue weighted by atomic mass is 19.4. The average Bonchev–Trinajstić information content (AvgIpc) is 3.80. The van der Waals surface area contributed by atoms with Crippen LogP contribution in [0.25, 0.3) is 5.82 Å². The molecule has 1 atom stereocenters. The van der Waals surface area contributed by atoms with Crippen molar-refractivity contribution in [3.05, 3.63) is 59.1 Å². The SMILES string of the molecule is C[C@H](NC(=O)c1cc(OC(F)(F)F)cc(C2(C#N)CC2)c1)c1nc(C2CC2)nn1-c1cc(C#N)ncn1. The van der Waals surface area contributed by atoms with Crippen molar-refractivity contribution in [3.63, 3.8) is 0 Å². The summed E-state index contributed by atoms with van der Waals surface area (Å²) in [7, 11) is 0. The Kier molecular flexibility index (Phi) is 5.79. The van der Waals surface area contributed by atoms with Gasteiger partial charge in [-0.05, 0) is 56.4 Å². The van der Waals surface area contributed by atoms with Gasteiger partial charge in [0.1, 0.15) is 23.8 Å². The molecule has 1 amide bonds. The van der Waals surface area contributed by atoms with Crippen LogP contribution in [-0.4, -0.2) is 37.0 Å². The van der Waals surface area contributed by atoms with Crippen LogP contribution in [0.4, 0.5) is 13.2 Å². The topological polar surface area (TPSA) is 142 Å². The number of carbonyl (C=O) groups is 1. The Morgan fingerprint density at radius 3 is 2.59 bits per heavy atom. The summed E-state index contributed by atoms with van der Waals surface area (Å²) >= 11 is 0. The molecule has 0 unspecified atom stereocenters. The minimum atomic E-state index is -4.96. The molecule has 13 heteroatoms. The van der Waals surface area contributed by atoms with Gasteiger partial charge < -0.3 is 10.1 Å². The first kappa shape index (κ1) is 24.2. The van der Waals surface area contributed by atoms with E-state index in [4.69, 9.17) is 0 Å². The molecular formula is C24H19F3N8O2. The monoisotopic (exact) mass is 508 g/mol. The van der Waals surface area contributed by atoms with Crippen molar-refractivity contribution in [2.45, 2.75) is 56.3 Å². The molecule has 2 aliphatic carbocycles. The first-order chi connectivity index (χ1) is 17.6. The quantitative estimate of drug-likeness (QED) is 0.508. The van der Waals surface area contributed by atoms with Crippen molar-refractivity contribution in [3.8, 4) is 23.7 Å².